The molecule has 0 saturated heterocycles. The largest absolute Gasteiger partial charge is 0.330 e. The maximum absolute atomic E-state index is 13.3. The first kappa shape index (κ1) is 11.7. The van der Waals surface area contributed by atoms with Crippen molar-refractivity contribution in [3.63, 3.8) is 0 Å². The van der Waals surface area contributed by atoms with E-state index in [-0.39, 0.29) is 11.2 Å². The fourth-order valence-corrected chi connectivity index (χ4v) is 3.86. The molecule has 0 heterocycles. The molecule has 3 rings (SSSR count). The Bertz CT molecular complexity index is 436. The number of hydrogen-bond acceptors (Lipinski definition) is 1. The molecular formula is C14H17BrFN. The average Bonchev–Trinajstić information content (AvgIpc) is 2.92. The van der Waals surface area contributed by atoms with Gasteiger partial charge in [-0.3, -0.25) is 0 Å². The van der Waals surface area contributed by atoms with Crippen LogP contribution in [0.3, 0.4) is 0 Å². The van der Waals surface area contributed by atoms with Gasteiger partial charge in [0.1, 0.15) is 5.82 Å². The van der Waals surface area contributed by atoms with Crippen LogP contribution in [0.5, 0.6) is 0 Å². The molecule has 92 valence electrons. The molecular weight excluding hydrogens is 281 g/mol. The van der Waals surface area contributed by atoms with Gasteiger partial charge in [0, 0.05) is 4.47 Å². The van der Waals surface area contributed by atoms with Crippen LogP contribution in [0.1, 0.15) is 24.8 Å². The summed E-state index contributed by atoms with van der Waals surface area (Å²) >= 11 is 3.51. The number of benzene rings is 1. The summed E-state index contributed by atoms with van der Waals surface area (Å²) in [7, 11) is 0. The summed E-state index contributed by atoms with van der Waals surface area (Å²) in [5.74, 6) is 1.66. The first-order chi connectivity index (χ1) is 8.12. The summed E-state index contributed by atoms with van der Waals surface area (Å²) in [4.78, 5) is 0. The van der Waals surface area contributed by atoms with Crippen LogP contribution in [-0.4, -0.2) is 6.54 Å². The molecule has 2 fully saturated rings. The molecule has 0 aromatic heterocycles. The Kier molecular flexibility index (Phi) is 2.79. The Morgan fingerprint density at radius 3 is 2.71 bits per heavy atom. The van der Waals surface area contributed by atoms with Crippen molar-refractivity contribution < 1.29 is 4.39 Å². The molecule has 17 heavy (non-hydrogen) atoms. The molecule has 2 aliphatic carbocycles. The topological polar surface area (TPSA) is 26.0 Å². The summed E-state index contributed by atoms with van der Waals surface area (Å²) in [5, 5.41) is 0. The molecule has 2 aliphatic rings. The molecule has 0 amide bonds. The average molecular weight is 298 g/mol. The Balaban J connectivity index is 1.83. The fourth-order valence-electron chi connectivity index (χ4n) is 3.47. The van der Waals surface area contributed by atoms with Gasteiger partial charge in [-0.1, -0.05) is 15.9 Å². The predicted octanol–water partition coefficient (Wildman–Crippen LogP) is 3.51. The highest BCUT2D eigenvalue weighted by Gasteiger charge is 2.52. The van der Waals surface area contributed by atoms with Gasteiger partial charge in [-0.05, 0) is 73.2 Å². The highest BCUT2D eigenvalue weighted by Crippen LogP contribution is 2.60. The number of rotatable bonds is 3. The fraction of sp³-hybridized carbons (Fsp3) is 0.571. The molecule has 1 nitrogen and oxygen atoms in total. The monoisotopic (exact) mass is 297 g/mol. The molecule has 0 aliphatic heterocycles. The minimum atomic E-state index is -0.154. The van der Waals surface area contributed by atoms with E-state index in [1.165, 1.54) is 25.3 Å². The van der Waals surface area contributed by atoms with Crippen molar-refractivity contribution in [2.75, 3.05) is 6.54 Å². The van der Waals surface area contributed by atoms with Crippen LogP contribution in [0.15, 0.2) is 22.7 Å². The van der Waals surface area contributed by atoms with Crippen LogP contribution in [0.2, 0.25) is 0 Å². The number of fused-ring (bicyclic) bond motifs is 1. The summed E-state index contributed by atoms with van der Waals surface area (Å²) in [6.07, 6.45) is 4.77. The molecule has 3 heteroatoms. The lowest BCUT2D eigenvalue weighted by atomic mass is 9.77. The zero-order valence-corrected chi connectivity index (χ0v) is 11.3. The highest BCUT2D eigenvalue weighted by atomic mass is 79.9. The van der Waals surface area contributed by atoms with Gasteiger partial charge < -0.3 is 5.73 Å². The Morgan fingerprint density at radius 1 is 1.35 bits per heavy atom. The van der Waals surface area contributed by atoms with Crippen molar-refractivity contribution in [1.29, 1.82) is 0 Å². The SMILES string of the molecule is NCC1(Cc2cc(F)ccc2Br)CC2CC2C1. The van der Waals surface area contributed by atoms with Crippen LogP contribution >= 0.6 is 15.9 Å². The summed E-state index contributed by atoms with van der Waals surface area (Å²) < 4.78 is 14.3. The van der Waals surface area contributed by atoms with Crippen molar-refractivity contribution in [3.8, 4) is 0 Å². The molecule has 1 aromatic rings. The van der Waals surface area contributed by atoms with Gasteiger partial charge in [0.2, 0.25) is 0 Å². The van der Waals surface area contributed by atoms with Gasteiger partial charge in [-0.2, -0.15) is 0 Å². The predicted molar refractivity (Wildman–Crippen MR) is 70.1 cm³/mol. The quantitative estimate of drug-likeness (QED) is 0.908. The standard InChI is InChI=1S/C14H17BrFN/c15-13-2-1-12(16)4-11(13)7-14(8-17)5-9-3-10(9)6-14/h1-2,4,9-10H,3,5-8,17H2. The zero-order valence-electron chi connectivity index (χ0n) is 9.76. The number of nitrogens with two attached hydrogens (primary N) is 1. The van der Waals surface area contributed by atoms with E-state index in [0.29, 0.717) is 0 Å². The maximum Gasteiger partial charge on any atom is 0.123 e. The second-order valence-electron chi connectivity index (χ2n) is 5.78. The van der Waals surface area contributed by atoms with Crippen LogP contribution in [-0.2, 0) is 6.42 Å². The minimum absolute atomic E-state index is 0.154. The third-order valence-corrected chi connectivity index (χ3v) is 5.24. The molecule has 0 spiro atoms. The summed E-state index contributed by atoms with van der Waals surface area (Å²) in [6, 6.07) is 4.94. The van der Waals surface area contributed by atoms with Crippen LogP contribution in [0.25, 0.3) is 0 Å². The zero-order chi connectivity index (χ0) is 12.0. The van der Waals surface area contributed by atoms with E-state index in [1.54, 1.807) is 12.1 Å². The first-order valence-electron chi connectivity index (χ1n) is 6.26. The Morgan fingerprint density at radius 2 is 2.06 bits per heavy atom. The van der Waals surface area contributed by atoms with E-state index in [2.05, 4.69) is 15.9 Å². The van der Waals surface area contributed by atoms with Gasteiger partial charge in [0.25, 0.3) is 0 Å². The maximum atomic E-state index is 13.3. The molecule has 0 bridgehead atoms. The highest BCUT2D eigenvalue weighted by molar-refractivity contribution is 9.10. The van der Waals surface area contributed by atoms with Gasteiger partial charge in [0.05, 0.1) is 0 Å². The molecule has 2 unspecified atom stereocenters. The number of halogens is 2. The van der Waals surface area contributed by atoms with Gasteiger partial charge in [-0.15, -0.1) is 0 Å². The first-order valence-corrected chi connectivity index (χ1v) is 7.05. The second-order valence-corrected chi connectivity index (χ2v) is 6.64. The van der Waals surface area contributed by atoms with Crippen LogP contribution < -0.4 is 5.73 Å². The third-order valence-electron chi connectivity index (χ3n) is 4.47. The Hall–Kier alpha value is -0.410. The second kappa shape index (κ2) is 4.06. The van der Waals surface area contributed by atoms with E-state index >= 15 is 0 Å². The Labute approximate surface area is 110 Å². The van der Waals surface area contributed by atoms with Crippen molar-refractivity contribution in [2.24, 2.45) is 23.0 Å². The molecule has 2 atom stereocenters. The van der Waals surface area contributed by atoms with Crippen molar-refractivity contribution in [3.05, 3.63) is 34.1 Å². The lowest BCUT2D eigenvalue weighted by Crippen LogP contribution is -2.31. The number of hydrogen-bond donors (Lipinski definition) is 1. The van der Waals surface area contributed by atoms with E-state index in [0.717, 1.165) is 34.8 Å². The molecule has 1 aromatic carbocycles. The van der Waals surface area contributed by atoms with Crippen molar-refractivity contribution >= 4 is 15.9 Å². The lowest BCUT2D eigenvalue weighted by molar-refractivity contribution is 0.272. The molecule has 2 saturated carbocycles. The van der Waals surface area contributed by atoms with Gasteiger partial charge >= 0.3 is 0 Å². The van der Waals surface area contributed by atoms with Gasteiger partial charge in [-0.25, -0.2) is 4.39 Å². The summed E-state index contributed by atoms with van der Waals surface area (Å²) in [5.41, 5.74) is 7.27. The van der Waals surface area contributed by atoms with Crippen LogP contribution in [0, 0.1) is 23.1 Å². The van der Waals surface area contributed by atoms with Crippen molar-refractivity contribution in [2.45, 2.75) is 25.7 Å². The third kappa shape index (κ3) is 2.15. The minimum Gasteiger partial charge on any atom is -0.330 e. The van der Waals surface area contributed by atoms with Crippen molar-refractivity contribution in [1.82, 2.24) is 0 Å². The van der Waals surface area contributed by atoms with Crippen LogP contribution in [0.4, 0.5) is 4.39 Å². The van der Waals surface area contributed by atoms with E-state index in [1.807, 2.05) is 0 Å². The van der Waals surface area contributed by atoms with E-state index in [4.69, 9.17) is 5.73 Å². The van der Waals surface area contributed by atoms with E-state index in [9.17, 15) is 4.39 Å². The normalized spacial score (nSPS) is 34.8. The smallest absolute Gasteiger partial charge is 0.123 e. The van der Waals surface area contributed by atoms with E-state index < -0.39 is 0 Å². The lowest BCUT2D eigenvalue weighted by Gasteiger charge is -2.30. The van der Waals surface area contributed by atoms with Gasteiger partial charge in [0.15, 0.2) is 0 Å². The summed E-state index contributed by atoms with van der Waals surface area (Å²) in [6.45, 7) is 0.725. The molecule has 0 radical (unpaired) electrons. The molecule has 2 N–H and O–H groups in total.